The second-order valence-electron chi connectivity index (χ2n) is 8.12. The number of aromatic nitrogens is 1. The lowest BCUT2D eigenvalue weighted by atomic mass is 10.0. The minimum Gasteiger partial charge on any atom is -0.463 e. The summed E-state index contributed by atoms with van der Waals surface area (Å²) in [6, 6.07) is 18.9. The van der Waals surface area contributed by atoms with E-state index >= 15 is 0 Å². The third kappa shape index (κ3) is 4.14. The summed E-state index contributed by atoms with van der Waals surface area (Å²) in [6.07, 6.45) is 1.55. The second kappa shape index (κ2) is 8.71. The van der Waals surface area contributed by atoms with Gasteiger partial charge in [-0.05, 0) is 62.6 Å². The van der Waals surface area contributed by atoms with Crippen molar-refractivity contribution in [1.29, 1.82) is 0 Å². The first kappa shape index (κ1) is 21.4. The average molecular weight is 427 g/mol. The summed E-state index contributed by atoms with van der Waals surface area (Å²) in [5.74, 6) is 0.0248. The molecule has 0 unspecified atom stereocenters. The number of nitrogens with one attached hydrogen (secondary N) is 1. The van der Waals surface area contributed by atoms with E-state index in [1.807, 2.05) is 62.6 Å². The molecule has 0 aliphatic rings. The van der Waals surface area contributed by atoms with Crippen molar-refractivity contribution in [2.45, 2.75) is 34.2 Å². The van der Waals surface area contributed by atoms with Gasteiger partial charge in [0.25, 0.3) is 5.91 Å². The average Bonchev–Trinajstić information content (AvgIpc) is 3.29. The number of amides is 1. The van der Waals surface area contributed by atoms with Crippen LogP contribution in [0.15, 0.2) is 76.1 Å². The topological polar surface area (TPSA) is 64.2 Å². The van der Waals surface area contributed by atoms with Gasteiger partial charge in [0.1, 0.15) is 11.3 Å². The SMILES string of the molecule is Cc1ccc(Cn2c(C)cc(=O)c(C(=O)Nc3cccc(C)c3C)c2-c2ccco2)cc1. The molecule has 1 N–H and O–H groups in total. The Morgan fingerprint density at radius 2 is 1.72 bits per heavy atom. The molecule has 0 radical (unpaired) electrons. The highest BCUT2D eigenvalue weighted by Crippen LogP contribution is 2.27. The van der Waals surface area contributed by atoms with Crippen LogP contribution >= 0.6 is 0 Å². The van der Waals surface area contributed by atoms with Crippen molar-refractivity contribution < 1.29 is 9.21 Å². The highest BCUT2D eigenvalue weighted by Gasteiger charge is 2.24. The zero-order valence-electron chi connectivity index (χ0n) is 18.7. The molecule has 2 aromatic heterocycles. The molecule has 0 saturated heterocycles. The van der Waals surface area contributed by atoms with Gasteiger partial charge in [0.15, 0.2) is 11.2 Å². The summed E-state index contributed by atoms with van der Waals surface area (Å²) in [6.45, 7) is 8.35. The highest BCUT2D eigenvalue weighted by molar-refractivity contribution is 6.08. The van der Waals surface area contributed by atoms with Gasteiger partial charge in [0.05, 0.1) is 6.26 Å². The molecule has 4 rings (SSSR count). The van der Waals surface area contributed by atoms with Crippen LogP contribution in [0.1, 0.15) is 38.3 Å². The summed E-state index contributed by atoms with van der Waals surface area (Å²) in [5.41, 5.74) is 5.91. The molecule has 0 bridgehead atoms. The molecular formula is C27H26N2O3. The van der Waals surface area contributed by atoms with E-state index in [-0.39, 0.29) is 11.0 Å². The summed E-state index contributed by atoms with van der Waals surface area (Å²) in [7, 11) is 0. The van der Waals surface area contributed by atoms with Crippen molar-refractivity contribution in [3.8, 4) is 11.5 Å². The first-order valence-corrected chi connectivity index (χ1v) is 10.6. The number of hydrogen-bond acceptors (Lipinski definition) is 3. The fourth-order valence-corrected chi connectivity index (χ4v) is 3.81. The molecule has 2 heterocycles. The Morgan fingerprint density at radius 3 is 2.41 bits per heavy atom. The lowest BCUT2D eigenvalue weighted by molar-refractivity contribution is 0.102. The van der Waals surface area contributed by atoms with Gasteiger partial charge in [-0.15, -0.1) is 0 Å². The smallest absolute Gasteiger partial charge is 0.261 e. The summed E-state index contributed by atoms with van der Waals surface area (Å²) < 4.78 is 7.63. The number of furan rings is 1. The second-order valence-corrected chi connectivity index (χ2v) is 8.12. The molecule has 5 nitrogen and oxygen atoms in total. The molecule has 0 fully saturated rings. The largest absolute Gasteiger partial charge is 0.463 e. The number of benzene rings is 2. The lowest BCUT2D eigenvalue weighted by Gasteiger charge is -2.19. The maximum atomic E-state index is 13.4. The molecule has 162 valence electrons. The van der Waals surface area contributed by atoms with E-state index in [0.29, 0.717) is 23.7 Å². The van der Waals surface area contributed by atoms with Gasteiger partial charge in [-0.1, -0.05) is 42.0 Å². The predicted molar refractivity (Wildman–Crippen MR) is 127 cm³/mol. The van der Waals surface area contributed by atoms with Crippen LogP contribution in [0.2, 0.25) is 0 Å². The predicted octanol–water partition coefficient (Wildman–Crippen LogP) is 5.64. The van der Waals surface area contributed by atoms with Crippen LogP contribution in [-0.2, 0) is 6.54 Å². The van der Waals surface area contributed by atoms with Gasteiger partial charge in [0.2, 0.25) is 0 Å². The van der Waals surface area contributed by atoms with Gasteiger partial charge in [-0.25, -0.2) is 0 Å². The first-order valence-electron chi connectivity index (χ1n) is 10.6. The van der Waals surface area contributed by atoms with Gasteiger partial charge in [0, 0.05) is 24.0 Å². The Kier molecular flexibility index (Phi) is 5.82. The molecule has 32 heavy (non-hydrogen) atoms. The van der Waals surface area contributed by atoms with Gasteiger partial charge in [-0.2, -0.15) is 0 Å². The highest BCUT2D eigenvalue weighted by atomic mass is 16.3. The summed E-state index contributed by atoms with van der Waals surface area (Å²) >= 11 is 0. The standard InChI is InChI=1S/C27H26N2O3/c1-17-10-12-21(13-11-17)16-29-19(3)15-23(30)25(26(29)24-9-6-14-32-24)27(31)28-22-8-5-7-18(2)20(22)4/h5-15H,16H2,1-4H3,(H,28,31). The van der Waals surface area contributed by atoms with E-state index in [4.69, 9.17) is 4.42 Å². The molecule has 1 amide bonds. The normalized spacial score (nSPS) is 10.9. The third-order valence-corrected chi connectivity index (χ3v) is 5.81. The van der Waals surface area contributed by atoms with Crippen LogP contribution in [0.25, 0.3) is 11.5 Å². The van der Waals surface area contributed by atoms with Crippen LogP contribution in [-0.4, -0.2) is 10.5 Å². The number of hydrogen-bond donors (Lipinski definition) is 1. The van der Waals surface area contributed by atoms with Crippen molar-refractivity contribution >= 4 is 11.6 Å². The van der Waals surface area contributed by atoms with E-state index in [9.17, 15) is 9.59 Å². The number of nitrogens with zero attached hydrogens (tertiary/aromatic N) is 1. The minimum atomic E-state index is -0.451. The molecule has 0 atom stereocenters. The maximum Gasteiger partial charge on any atom is 0.261 e. The maximum absolute atomic E-state index is 13.4. The third-order valence-electron chi connectivity index (χ3n) is 5.81. The quantitative estimate of drug-likeness (QED) is 0.449. The van der Waals surface area contributed by atoms with E-state index < -0.39 is 5.91 Å². The Morgan fingerprint density at radius 1 is 0.969 bits per heavy atom. The fraction of sp³-hybridized carbons (Fsp3) is 0.185. The van der Waals surface area contributed by atoms with Crippen LogP contribution in [0, 0.1) is 27.7 Å². The number of pyridine rings is 1. The molecule has 2 aromatic carbocycles. The van der Waals surface area contributed by atoms with Crippen molar-refractivity contribution in [1.82, 2.24) is 4.57 Å². The lowest BCUT2D eigenvalue weighted by Crippen LogP contribution is -2.27. The number of aryl methyl sites for hydroxylation is 3. The van der Waals surface area contributed by atoms with Gasteiger partial charge < -0.3 is 14.3 Å². The van der Waals surface area contributed by atoms with Crippen molar-refractivity contribution in [3.63, 3.8) is 0 Å². The Hall–Kier alpha value is -3.86. The van der Waals surface area contributed by atoms with E-state index in [1.54, 1.807) is 18.4 Å². The first-order chi connectivity index (χ1) is 15.3. The monoisotopic (exact) mass is 426 g/mol. The van der Waals surface area contributed by atoms with Crippen LogP contribution in [0.4, 0.5) is 5.69 Å². The van der Waals surface area contributed by atoms with Crippen molar-refractivity contribution in [2.75, 3.05) is 5.32 Å². The Balaban J connectivity index is 1.86. The molecular weight excluding hydrogens is 400 g/mol. The van der Waals surface area contributed by atoms with Crippen molar-refractivity contribution in [3.05, 3.63) is 111 Å². The molecule has 4 aromatic rings. The zero-order chi connectivity index (χ0) is 22.8. The summed E-state index contributed by atoms with van der Waals surface area (Å²) in [4.78, 5) is 26.5. The van der Waals surface area contributed by atoms with E-state index in [2.05, 4.69) is 17.4 Å². The van der Waals surface area contributed by atoms with Gasteiger partial charge >= 0.3 is 0 Å². The molecule has 5 heteroatoms. The number of carbonyl (C=O) groups is 1. The minimum absolute atomic E-state index is 0.0681. The number of rotatable bonds is 5. The zero-order valence-corrected chi connectivity index (χ0v) is 18.7. The summed E-state index contributed by atoms with van der Waals surface area (Å²) in [5, 5.41) is 2.93. The van der Waals surface area contributed by atoms with Crippen LogP contribution in [0.3, 0.4) is 0 Å². The van der Waals surface area contributed by atoms with E-state index in [0.717, 1.165) is 22.4 Å². The van der Waals surface area contributed by atoms with Crippen LogP contribution in [0.5, 0.6) is 0 Å². The van der Waals surface area contributed by atoms with Crippen molar-refractivity contribution in [2.24, 2.45) is 0 Å². The molecule has 0 aliphatic carbocycles. The molecule has 0 aliphatic heterocycles. The number of carbonyl (C=O) groups excluding carboxylic acids is 1. The van der Waals surface area contributed by atoms with E-state index in [1.165, 1.54) is 11.6 Å². The van der Waals surface area contributed by atoms with Gasteiger partial charge in [-0.3, -0.25) is 9.59 Å². The number of anilines is 1. The Bertz CT molecular complexity index is 1330. The fourth-order valence-electron chi connectivity index (χ4n) is 3.81. The van der Waals surface area contributed by atoms with Crippen LogP contribution < -0.4 is 10.7 Å². The Labute approximate surface area is 187 Å². The molecule has 0 saturated carbocycles. The molecule has 0 spiro atoms.